The molecule has 2 unspecified atom stereocenters. The normalized spacial score (nSPS) is 21.5. The molecule has 0 spiro atoms. The quantitative estimate of drug-likeness (QED) is 0.524. The van der Waals surface area contributed by atoms with E-state index in [-0.39, 0.29) is 0 Å². The lowest BCUT2D eigenvalue weighted by Crippen LogP contribution is -2.25. The molecule has 0 radical (unpaired) electrons. The average molecular weight is 333 g/mol. The van der Waals surface area contributed by atoms with Crippen molar-refractivity contribution in [1.29, 1.82) is 0 Å². The standard InChI is InChI=1S/C20H22Cl2/c1-20(2,3)17-10-9-14(15-6-4-5-7-16(15)17)13-8-11-18(21)19(22)12-13/h4-8,11-12,14,17H,9-10H2,1-3H3. The van der Waals surface area contributed by atoms with Gasteiger partial charge in [-0.1, -0.05) is 74.3 Å². The third kappa shape index (κ3) is 2.92. The Hall–Kier alpha value is -0.980. The Labute approximate surface area is 143 Å². The summed E-state index contributed by atoms with van der Waals surface area (Å²) in [5, 5.41) is 1.27. The number of rotatable bonds is 1. The number of hydrogen-bond donors (Lipinski definition) is 0. The van der Waals surface area contributed by atoms with E-state index in [2.05, 4.69) is 51.1 Å². The van der Waals surface area contributed by atoms with Crippen molar-refractivity contribution in [2.24, 2.45) is 5.41 Å². The minimum Gasteiger partial charge on any atom is -0.0827 e. The maximum atomic E-state index is 6.23. The molecule has 116 valence electrons. The molecule has 2 heteroatoms. The largest absolute Gasteiger partial charge is 0.0827 e. The van der Waals surface area contributed by atoms with Gasteiger partial charge >= 0.3 is 0 Å². The van der Waals surface area contributed by atoms with Crippen LogP contribution in [0.3, 0.4) is 0 Å². The van der Waals surface area contributed by atoms with Crippen molar-refractivity contribution in [2.45, 2.75) is 45.4 Å². The maximum absolute atomic E-state index is 6.23. The van der Waals surface area contributed by atoms with E-state index in [0.717, 1.165) is 6.42 Å². The van der Waals surface area contributed by atoms with E-state index >= 15 is 0 Å². The van der Waals surface area contributed by atoms with Crippen LogP contribution in [0.25, 0.3) is 0 Å². The van der Waals surface area contributed by atoms with Crippen LogP contribution < -0.4 is 0 Å². The molecule has 0 aromatic heterocycles. The second kappa shape index (κ2) is 5.91. The topological polar surface area (TPSA) is 0 Å². The number of hydrogen-bond acceptors (Lipinski definition) is 0. The van der Waals surface area contributed by atoms with Crippen molar-refractivity contribution >= 4 is 23.2 Å². The van der Waals surface area contributed by atoms with Crippen LogP contribution in [0, 0.1) is 5.41 Å². The predicted molar refractivity (Wildman–Crippen MR) is 96.2 cm³/mol. The van der Waals surface area contributed by atoms with Crippen molar-refractivity contribution in [3.63, 3.8) is 0 Å². The molecule has 2 aromatic rings. The van der Waals surface area contributed by atoms with Crippen molar-refractivity contribution in [2.75, 3.05) is 0 Å². The average Bonchev–Trinajstić information content (AvgIpc) is 2.48. The maximum Gasteiger partial charge on any atom is 0.0595 e. The lowest BCUT2D eigenvalue weighted by atomic mass is 9.65. The van der Waals surface area contributed by atoms with Gasteiger partial charge in [0.1, 0.15) is 0 Å². The van der Waals surface area contributed by atoms with Gasteiger partial charge in [-0.15, -0.1) is 0 Å². The van der Waals surface area contributed by atoms with Gasteiger partial charge in [0, 0.05) is 5.92 Å². The highest BCUT2D eigenvalue weighted by Gasteiger charge is 2.34. The van der Waals surface area contributed by atoms with Crippen LogP contribution in [0.15, 0.2) is 42.5 Å². The van der Waals surface area contributed by atoms with Crippen LogP contribution in [-0.2, 0) is 0 Å². The first-order chi connectivity index (χ1) is 10.4. The van der Waals surface area contributed by atoms with Gasteiger partial charge in [0.2, 0.25) is 0 Å². The van der Waals surface area contributed by atoms with Gasteiger partial charge in [0.25, 0.3) is 0 Å². The molecule has 1 aliphatic carbocycles. The fourth-order valence-corrected chi connectivity index (χ4v) is 4.07. The van der Waals surface area contributed by atoms with Gasteiger partial charge in [-0.3, -0.25) is 0 Å². The summed E-state index contributed by atoms with van der Waals surface area (Å²) < 4.78 is 0. The Balaban J connectivity index is 2.06. The zero-order valence-electron chi connectivity index (χ0n) is 13.4. The summed E-state index contributed by atoms with van der Waals surface area (Å²) in [5.74, 6) is 1.03. The fraction of sp³-hybridized carbons (Fsp3) is 0.400. The van der Waals surface area contributed by atoms with E-state index in [1.54, 1.807) is 0 Å². The summed E-state index contributed by atoms with van der Waals surface area (Å²) in [5.41, 5.74) is 4.51. The highest BCUT2D eigenvalue weighted by molar-refractivity contribution is 6.42. The SMILES string of the molecule is CC(C)(C)C1CCC(c2ccc(Cl)c(Cl)c2)c2ccccc21. The van der Waals surface area contributed by atoms with E-state index in [0.29, 0.717) is 27.3 Å². The zero-order chi connectivity index (χ0) is 15.9. The number of benzene rings is 2. The minimum atomic E-state index is 0.290. The third-order valence-corrected chi connectivity index (χ3v) is 5.62. The Kier molecular flexibility index (Phi) is 4.27. The molecular weight excluding hydrogens is 311 g/mol. The van der Waals surface area contributed by atoms with Crippen molar-refractivity contribution < 1.29 is 0 Å². The second-order valence-corrected chi connectivity index (χ2v) is 8.17. The molecule has 0 saturated heterocycles. The molecule has 0 heterocycles. The van der Waals surface area contributed by atoms with Crippen LogP contribution >= 0.6 is 23.2 Å². The van der Waals surface area contributed by atoms with Gasteiger partial charge in [-0.25, -0.2) is 0 Å². The van der Waals surface area contributed by atoms with Gasteiger partial charge in [-0.2, -0.15) is 0 Å². The molecule has 2 atom stereocenters. The molecule has 0 amide bonds. The summed E-state index contributed by atoms with van der Waals surface area (Å²) in [4.78, 5) is 0. The summed E-state index contributed by atoms with van der Waals surface area (Å²) in [6.45, 7) is 7.02. The van der Waals surface area contributed by atoms with Crippen molar-refractivity contribution in [3.05, 3.63) is 69.2 Å². The molecule has 1 aliphatic rings. The summed E-state index contributed by atoms with van der Waals surface area (Å²) in [6.07, 6.45) is 2.38. The summed E-state index contributed by atoms with van der Waals surface area (Å²) in [7, 11) is 0. The first-order valence-electron chi connectivity index (χ1n) is 7.91. The van der Waals surface area contributed by atoms with E-state index in [4.69, 9.17) is 23.2 Å². The smallest absolute Gasteiger partial charge is 0.0595 e. The number of fused-ring (bicyclic) bond motifs is 1. The molecule has 0 aliphatic heterocycles. The van der Waals surface area contributed by atoms with E-state index in [9.17, 15) is 0 Å². The van der Waals surface area contributed by atoms with E-state index < -0.39 is 0 Å². The molecule has 2 aromatic carbocycles. The van der Waals surface area contributed by atoms with E-state index in [1.165, 1.54) is 23.1 Å². The minimum absolute atomic E-state index is 0.290. The van der Waals surface area contributed by atoms with Crippen LogP contribution in [0.2, 0.25) is 10.0 Å². The van der Waals surface area contributed by atoms with Gasteiger partial charge in [0.15, 0.2) is 0 Å². The third-order valence-electron chi connectivity index (χ3n) is 4.88. The molecule has 22 heavy (non-hydrogen) atoms. The first-order valence-corrected chi connectivity index (χ1v) is 8.67. The molecule has 0 saturated carbocycles. The Morgan fingerprint density at radius 3 is 2.18 bits per heavy atom. The van der Waals surface area contributed by atoms with Crippen molar-refractivity contribution in [1.82, 2.24) is 0 Å². The van der Waals surface area contributed by atoms with Crippen molar-refractivity contribution in [3.8, 4) is 0 Å². The van der Waals surface area contributed by atoms with Gasteiger partial charge in [-0.05, 0) is 53.0 Å². The lowest BCUT2D eigenvalue weighted by Gasteiger charge is -2.39. The Morgan fingerprint density at radius 1 is 0.864 bits per heavy atom. The van der Waals surface area contributed by atoms with Gasteiger partial charge in [0.05, 0.1) is 10.0 Å². The highest BCUT2D eigenvalue weighted by Crippen LogP contribution is 2.49. The van der Waals surface area contributed by atoms with Crippen LogP contribution in [0.4, 0.5) is 0 Å². The second-order valence-electron chi connectivity index (χ2n) is 7.35. The summed E-state index contributed by atoms with van der Waals surface area (Å²) >= 11 is 12.3. The Bertz CT molecular complexity index is 682. The monoisotopic (exact) mass is 332 g/mol. The van der Waals surface area contributed by atoms with Crippen LogP contribution in [-0.4, -0.2) is 0 Å². The molecule has 0 N–H and O–H groups in total. The first kappa shape index (κ1) is 15.9. The molecule has 0 nitrogen and oxygen atoms in total. The molecule has 0 fully saturated rings. The number of halogens is 2. The fourth-order valence-electron chi connectivity index (χ4n) is 3.76. The predicted octanol–water partition coefficient (Wildman–Crippen LogP) is 7.05. The van der Waals surface area contributed by atoms with E-state index in [1.807, 2.05) is 12.1 Å². The molecule has 0 bridgehead atoms. The zero-order valence-corrected chi connectivity index (χ0v) is 14.9. The van der Waals surface area contributed by atoms with Crippen LogP contribution in [0.5, 0.6) is 0 Å². The lowest BCUT2D eigenvalue weighted by molar-refractivity contribution is 0.284. The Morgan fingerprint density at radius 2 is 1.55 bits per heavy atom. The van der Waals surface area contributed by atoms with Gasteiger partial charge < -0.3 is 0 Å². The molecule has 3 rings (SSSR count). The molecular formula is C20H22Cl2. The highest BCUT2D eigenvalue weighted by atomic mass is 35.5. The summed E-state index contributed by atoms with van der Waals surface area (Å²) in [6, 6.07) is 15.0. The van der Waals surface area contributed by atoms with Crippen LogP contribution in [0.1, 0.15) is 62.1 Å².